The molecule has 3 heterocycles. The molecule has 6 rings (SSSR count). The van der Waals surface area contributed by atoms with Crippen LogP contribution in [0.2, 0.25) is 10.0 Å². The zero-order valence-corrected chi connectivity index (χ0v) is 26.9. The lowest BCUT2D eigenvalue weighted by Gasteiger charge is -2.39. The summed E-state index contributed by atoms with van der Waals surface area (Å²) < 4.78 is 4.34. The quantitative estimate of drug-likeness (QED) is 0.183. The molecule has 4 aromatic rings. The van der Waals surface area contributed by atoms with E-state index in [4.69, 9.17) is 27.9 Å². The highest BCUT2D eigenvalue weighted by molar-refractivity contribution is 8.01. The first-order chi connectivity index (χ1) is 21.4. The lowest BCUT2D eigenvalue weighted by atomic mass is 9.90. The van der Waals surface area contributed by atoms with E-state index < -0.39 is 10.8 Å². The number of ether oxygens (including phenoxy) is 1. The molecule has 7 nitrogen and oxygen atoms in total. The van der Waals surface area contributed by atoms with Crippen molar-refractivity contribution in [1.82, 2.24) is 20.1 Å². The van der Waals surface area contributed by atoms with Crippen molar-refractivity contribution in [3.8, 4) is 0 Å². The molecular weight excluding hydrogens is 615 g/mol. The molecule has 0 spiro atoms. The Bertz CT molecular complexity index is 1610. The van der Waals surface area contributed by atoms with Gasteiger partial charge < -0.3 is 19.9 Å². The fraction of sp³-hybridized carbons (Fsp3) is 0.353. The van der Waals surface area contributed by atoms with Gasteiger partial charge >= 0.3 is 0 Å². The van der Waals surface area contributed by atoms with Crippen LogP contribution in [0.5, 0.6) is 0 Å². The minimum absolute atomic E-state index is 0.0602. The largest absolute Gasteiger partial charge is 0.379 e. The highest BCUT2D eigenvalue weighted by atomic mass is 35.5. The predicted molar refractivity (Wildman–Crippen MR) is 177 cm³/mol. The van der Waals surface area contributed by atoms with Gasteiger partial charge in [-0.25, -0.2) is 0 Å². The molecule has 2 aliphatic heterocycles. The monoisotopic (exact) mass is 650 g/mol. The number of hydrogen-bond donors (Lipinski definition) is 2. The summed E-state index contributed by atoms with van der Waals surface area (Å²) >= 11 is 14.0. The number of fused-ring (bicyclic) bond motifs is 1. The number of likely N-dealkylation sites (tertiary alicyclic amines) is 1. The van der Waals surface area contributed by atoms with Gasteiger partial charge in [0.1, 0.15) is 4.75 Å². The first-order valence-corrected chi connectivity index (χ1v) is 16.6. The Balaban J connectivity index is 1.41. The fourth-order valence-electron chi connectivity index (χ4n) is 6.39. The lowest BCUT2D eigenvalue weighted by molar-refractivity contribution is -0.131. The standard InChI is InChI=1S/C34H36Cl2N4O3S/c1-23(24-8-10-25(35)11-9-24)40-31(41)21-34(44-27-6-3-2-4-7-27,33(42)37-14-5-15-39-16-18-43-19-17-39)32(40)29-22-38-30-20-26(36)12-13-28(29)30/h2-4,6-13,20,22-23,32,38H,5,14-19,21H2,1H3,(H,37,42)/t23-,32-,34-/m1/s1. The first-order valence-electron chi connectivity index (χ1n) is 15.0. The van der Waals surface area contributed by atoms with Crippen LogP contribution in [0, 0.1) is 0 Å². The van der Waals surface area contributed by atoms with Crippen molar-refractivity contribution in [3.63, 3.8) is 0 Å². The maximum Gasteiger partial charge on any atom is 0.239 e. The molecule has 0 radical (unpaired) electrons. The Morgan fingerprint density at radius 2 is 1.80 bits per heavy atom. The molecule has 3 aromatic carbocycles. The Morgan fingerprint density at radius 1 is 1.07 bits per heavy atom. The molecule has 0 bridgehead atoms. The van der Waals surface area contributed by atoms with E-state index in [2.05, 4.69) is 15.2 Å². The maximum atomic E-state index is 14.6. The molecule has 1 aromatic heterocycles. The van der Waals surface area contributed by atoms with Gasteiger partial charge in [-0.05, 0) is 61.9 Å². The minimum atomic E-state index is -1.13. The topological polar surface area (TPSA) is 77.7 Å². The number of rotatable bonds is 10. The number of hydrogen-bond acceptors (Lipinski definition) is 5. The average Bonchev–Trinajstić information content (AvgIpc) is 3.57. The molecule has 10 heteroatoms. The average molecular weight is 652 g/mol. The van der Waals surface area contributed by atoms with E-state index in [-0.39, 0.29) is 24.3 Å². The maximum absolute atomic E-state index is 14.6. The number of aromatic amines is 1. The van der Waals surface area contributed by atoms with Crippen LogP contribution < -0.4 is 5.32 Å². The van der Waals surface area contributed by atoms with Gasteiger partial charge in [-0.2, -0.15) is 0 Å². The molecule has 0 saturated carbocycles. The molecule has 230 valence electrons. The van der Waals surface area contributed by atoms with Gasteiger partial charge in [0.25, 0.3) is 0 Å². The van der Waals surface area contributed by atoms with Gasteiger partial charge in [-0.3, -0.25) is 14.5 Å². The van der Waals surface area contributed by atoms with Gasteiger partial charge in [0.2, 0.25) is 11.8 Å². The second-order valence-electron chi connectivity index (χ2n) is 11.4. The number of carbonyl (C=O) groups excluding carboxylic acids is 2. The highest BCUT2D eigenvalue weighted by Crippen LogP contribution is 2.56. The number of nitrogens with zero attached hydrogens (tertiary/aromatic N) is 2. The van der Waals surface area contributed by atoms with Crippen molar-refractivity contribution < 1.29 is 14.3 Å². The van der Waals surface area contributed by atoms with Gasteiger partial charge in [-0.1, -0.05) is 59.6 Å². The van der Waals surface area contributed by atoms with Crippen LogP contribution in [0.4, 0.5) is 0 Å². The Kier molecular flexibility index (Phi) is 9.54. The molecule has 2 N–H and O–H groups in total. The summed E-state index contributed by atoms with van der Waals surface area (Å²) in [6, 6.07) is 22.3. The molecule has 0 unspecified atom stereocenters. The number of nitrogens with one attached hydrogen (secondary N) is 2. The second kappa shape index (κ2) is 13.5. The summed E-state index contributed by atoms with van der Waals surface area (Å²) in [6.45, 7) is 6.71. The molecule has 2 fully saturated rings. The van der Waals surface area contributed by atoms with Gasteiger partial charge in [0, 0.05) is 57.2 Å². The smallest absolute Gasteiger partial charge is 0.239 e. The molecular formula is C34H36Cl2N4O3S. The van der Waals surface area contributed by atoms with Crippen molar-refractivity contribution in [3.05, 3.63) is 100 Å². The van der Waals surface area contributed by atoms with Crippen molar-refractivity contribution in [2.24, 2.45) is 0 Å². The van der Waals surface area contributed by atoms with Crippen LogP contribution in [0.25, 0.3) is 10.9 Å². The summed E-state index contributed by atoms with van der Waals surface area (Å²) in [7, 11) is 0. The first kappa shape index (κ1) is 31.0. The van der Waals surface area contributed by atoms with E-state index in [1.807, 2.05) is 90.8 Å². The van der Waals surface area contributed by atoms with E-state index in [0.717, 1.165) is 66.2 Å². The normalized spacial score (nSPS) is 21.6. The third-order valence-corrected chi connectivity index (χ3v) is 10.5. The van der Waals surface area contributed by atoms with Crippen molar-refractivity contribution in [1.29, 1.82) is 0 Å². The SMILES string of the molecule is C[C@H](c1ccc(Cl)cc1)N1C(=O)C[C@](Sc2ccccc2)(C(=O)NCCCN2CCOCC2)[C@H]1c1c[nH]c2cc(Cl)ccc12. The lowest BCUT2D eigenvalue weighted by Crippen LogP contribution is -2.49. The van der Waals surface area contributed by atoms with Gasteiger partial charge in [0.05, 0.1) is 31.7 Å². The third kappa shape index (κ3) is 6.37. The fourth-order valence-corrected chi connectivity index (χ4v) is 8.12. The molecule has 2 amide bonds. The number of aromatic nitrogens is 1. The third-order valence-electron chi connectivity index (χ3n) is 8.63. The molecule has 0 aliphatic carbocycles. The number of morpholine rings is 1. The van der Waals surface area contributed by atoms with Gasteiger partial charge in [0.15, 0.2) is 0 Å². The van der Waals surface area contributed by atoms with Gasteiger partial charge in [-0.15, -0.1) is 11.8 Å². The Labute approximate surface area is 272 Å². The van der Waals surface area contributed by atoms with E-state index in [0.29, 0.717) is 16.6 Å². The Morgan fingerprint density at radius 3 is 2.55 bits per heavy atom. The zero-order chi connectivity index (χ0) is 30.7. The van der Waals surface area contributed by atoms with Crippen molar-refractivity contribution in [2.45, 2.75) is 41.5 Å². The van der Waals surface area contributed by atoms with E-state index in [1.165, 1.54) is 11.8 Å². The summed E-state index contributed by atoms with van der Waals surface area (Å²) in [4.78, 5) is 37.4. The second-order valence-corrected chi connectivity index (χ2v) is 13.7. The van der Waals surface area contributed by atoms with Crippen LogP contribution in [0.15, 0.2) is 83.9 Å². The van der Waals surface area contributed by atoms with E-state index >= 15 is 0 Å². The molecule has 3 atom stereocenters. The summed E-state index contributed by atoms with van der Waals surface area (Å²) in [6.07, 6.45) is 2.80. The number of benzene rings is 3. The zero-order valence-electron chi connectivity index (χ0n) is 24.6. The summed E-state index contributed by atoms with van der Waals surface area (Å²) in [5.74, 6) is -0.214. The van der Waals surface area contributed by atoms with Crippen LogP contribution in [-0.4, -0.2) is 70.7 Å². The van der Waals surface area contributed by atoms with Crippen LogP contribution in [0.3, 0.4) is 0 Å². The Hall–Kier alpha value is -3.01. The number of H-pyrrole nitrogens is 1. The van der Waals surface area contributed by atoms with Crippen LogP contribution in [0.1, 0.15) is 43.0 Å². The predicted octanol–water partition coefficient (Wildman–Crippen LogP) is 6.88. The number of amides is 2. The van der Waals surface area contributed by atoms with Crippen LogP contribution in [-0.2, 0) is 14.3 Å². The summed E-state index contributed by atoms with van der Waals surface area (Å²) in [5.41, 5.74) is 2.69. The summed E-state index contributed by atoms with van der Waals surface area (Å²) in [5, 5.41) is 5.43. The number of carbonyl (C=O) groups is 2. The highest BCUT2D eigenvalue weighted by Gasteiger charge is 2.59. The van der Waals surface area contributed by atoms with Crippen LogP contribution >= 0.6 is 35.0 Å². The number of halogens is 2. The van der Waals surface area contributed by atoms with E-state index in [1.54, 1.807) is 0 Å². The minimum Gasteiger partial charge on any atom is -0.379 e. The molecule has 44 heavy (non-hydrogen) atoms. The van der Waals surface area contributed by atoms with Crippen molar-refractivity contribution in [2.75, 3.05) is 39.4 Å². The molecule has 2 aliphatic rings. The number of thioether (sulfide) groups is 1. The molecule has 2 saturated heterocycles. The van der Waals surface area contributed by atoms with E-state index in [9.17, 15) is 9.59 Å². The van der Waals surface area contributed by atoms with Crippen molar-refractivity contribution >= 4 is 57.7 Å².